The molecule has 18 N–H and O–H groups in total. The van der Waals surface area contributed by atoms with Crippen molar-refractivity contribution in [3.63, 3.8) is 0 Å². The van der Waals surface area contributed by atoms with Gasteiger partial charge in [-0.3, -0.25) is 47.9 Å². The van der Waals surface area contributed by atoms with Crippen molar-refractivity contribution in [2.24, 2.45) is 23.3 Å². The molecule has 28 nitrogen and oxygen atoms in total. The highest BCUT2D eigenvalue weighted by Crippen LogP contribution is 2.20. The largest absolute Gasteiger partial charge is 0.481 e. The van der Waals surface area contributed by atoms with Gasteiger partial charge in [-0.15, -0.1) is 0 Å². The number of fused-ring (bicyclic) bond motifs is 1. The number of carbonyl (C=O) groups is 11. The minimum Gasteiger partial charge on any atom is -0.481 e. The van der Waals surface area contributed by atoms with Crippen LogP contribution in [-0.4, -0.2) is 167 Å². The van der Waals surface area contributed by atoms with Crippen LogP contribution in [0, 0.1) is 11.8 Å². The Morgan fingerprint density at radius 1 is 0.573 bits per heavy atom. The van der Waals surface area contributed by atoms with E-state index in [1.807, 2.05) is 0 Å². The van der Waals surface area contributed by atoms with Crippen molar-refractivity contribution in [1.29, 1.82) is 0 Å². The van der Waals surface area contributed by atoms with Gasteiger partial charge >= 0.3 is 11.9 Å². The molecule has 0 aliphatic heterocycles. The number of aromatic nitrogens is 3. The van der Waals surface area contributed by atoms with Gasteiger partial charge in [0.1, 0.15) is 48.3 Å². The van der Waals surface area contributed by atoms with Gasteiger partial charge in [-0.2, -0.15) is 0 Å². The number of aromatic amines is 2. The second kappa shape index (κ2) is 31.3. The van der Waals surface area contributed by atoms with Crippen molar-refractivity contribution in [1.82, 2.24) is 57.5 Å². The van der Waals surface area contributed by atoms with Crippen molar-refractivity contribution in [2.75, 3.05) is 0 Å². The highest BCUT2D eigenvalue weighted by atomic mass is 16.4. The number of aliphatic hydroxyl groups is 2. The molecular weight excluding hydrogens is 1070 g/mol. The zero-order valence-electron chi connectivity index (χ0n) is 46.3. The number of para-hydroxylation sites is 1. The summed E-state index contributed by atoms with van der Waals surface area (Å²) in [5.74, 6) is -13.3. The molecule has 0 saturated carbocycles. The molecule has 2 aromatic carbocycles. The molecule has 0 saturated heterocycles. The van der Waals surface area contributed by atoms with Gasteiger partial charge in [-0.1, -0.05) is 82.6 Å². The van der Waals surface area contributed by atoms with Crippen molar-refractivity contribution in [3.8, 4) is 0 Å². The number of imidazole rings is 1. The van der Waals surface area contributed by atoms with Gasteiger partial charge < -0.3 is 84.4 Å². The lowest BCUT2D eigenvalue weighted by atomic mass is 9.96. The molecule has 82 heavy (non-hydrogen) atoms. The van der Waals surface area contributed by atoms with Crippen LogP contribution in [0.2, 0.25) is 0 Å². The van der Waals surface area contributed by atoms with Crippen LogP contribution in [0.15, 0.2) is 73.3 Å². The molecule has 4 rings (SSSR count). The summed E-state index contributed by atoms with van der Waals surface area (Å²) in [5, 5.41) is 60.9. The Kier molecular flexibility index (Phi) is 25.1. The molecule has 4 aromatic rings. The van der Waals surface area contributed by atoms with Gasteiger partial charge in [-0.05, 0) is 49.3 Å². The number of aliphatic carboxylic acids is 2. The second-order valence-electron chi connectivity index (χ2n) is 20.4. The lowest BCUT2D eigenvalue weighted by molar-refractivity contribution is -0.142. The standard InChI is InChI=1S/C54H75N13O15/c1-7-27(4)43(65-49(76)38(22-40(56)70)62-50(77)42(26(2)3)64-53(80)45(29(6)69)66-46(73)34(55)17-18-41(71)72)51(78)60-36(20-31-23-58-35-16-12-11-15-33(31)35)48(75)67-44(28(5)68)52(79)61-37(21-32-24-57-25-59-32)47(74)63-39(54(81)82)19-30-13-9-8-10-14-30/h8-16,23-29,34,36-39,42-45,58,68-69H,7,17-22,55H2,1-6H3,(H2,56,70)(H,57,59)(H,60,78)(H,61,79)(H,62,77)(H,63,74)(H,64,80)(H,65,76)(H,66,73)(H,67,75)(H,71,72)(H,81,82)/t27-,28+,29+,34-,36-,37-,38-,39-,42-,43-,44-,45-/m0/s1. The highest BCUT2D eigenvalue weighted by molar-refractivity contribution is 6.00. The number of aliphatic hydroxyl groups excluding tert-OH is 2. The van der Waals surface area contributed by atoms with Crippen molar-refractivity contribution in [2.45, 2.75) is 153 Å². The fraction of sp³-hybridized carbons (Fsp3) is 0.481. The lowest BCUT2D eigenvalue weighted by Gasteiger charge is -2.30. The Morgan fingerprint density at radius 3 is 1.63 bits per heavy atom. The quantitative estimate of drug-likeness (QED) is 0.0233. The van der Waals surface area contributed by atoms with Gasteiger partial charge in [0.05, 0.1) is 31.0 Å². The van der Waals surface area contributed by atoms with Crippen molar-refractivity contribution in [3.05, 3.63) is 90.1 Å². The number of amides is 9. The van der Waals surface area contributed by atoms with Crippen LogP contribution in [0.25, 0.3) is 10.9 Å². The van der Waals surface area contributed by atoms with Crippen LogP contribution < -0.4 is 54.0 Å². The normalized spacial score (nSPS) is 15.7. The van der Waals surface area contributed by atoms with E-state index in [1.165, 1.54) is 33.3 Å². The third-order valence-corrected chi connectivity index (χ3v) is 13.5. The molecule has 0 spiro atoms. The van der Waals surface area contributed by atoms with E-state index in [0.29, 0.717) is 27.7 Å². The average molecular weight is 1150 g/mol. The fourth-order valence-electron chi connectivity index (χ4n) is 8.54. The van der Waals surface area contributed by atoms with E-state index in [4.69, 9.17) is 16.6 Å². The first-order valence-electron chi connectivity index (χ1n) is 26.5. The third kappa shape index (κ3) is 19.8. The first-order valence-corrected chi connectivity index (χ1v) is 26.5. The molecule has 12 atom stereocenters. The van der Waals surface area contributed by atoms with Gasteiger partial charge in [0.25, 0.3) is 0 Å². The number of carboxylic acid groups (broad SMARTS) is 2. The zero-order chi connectivity index (χ0) is 61.0. The van der Waals surface area contributed by atoms with Crippen LogP contribution in [0.5, 0.6) is 0 Å². The molecule has 2 heterocycles. The summed E-state index contributed by atoms with van der Waals surface area (Å²) in [4.78, 5) is 157. The summed E-state index contributed by atoms with van der Waals surface area (Å²) < 4.78 is 0. The fourth-order valence-corrected chi connectivity index (χ4v) is 8.54. The molecular formula is C54H75N13O15. The topological polar surface area (TPSA) is 461 Å². The number of nitrogens with zero attached hydrogens (tertiary/aromatic N) is 1. The second-order valence-corrected chi connectivity index (χ2v) is 20.4. The maximum Gasteiger partial charge on any atom is 0.326 e. The molecule has 0 aliphatic rings. The Morgan fingerprint density at radius 2 is 1.07 bits per heavy atom. The number of nitrogens with one attached hydrogen (secondary N) is 10. The summed E-state index contributed by atoms with van der Waals surface area (Å²) in [6.07, 6.45) is -0.862. The summed E-state index contributed by atoms with van der Waals surface area (Å²) in [6, 6.07) is 1.36. The number of benzene rings is 2. The molecule has 0 bridgehead atoms. The first-order chi connectivity index (χ1) is 38.7. The van der Waals surface area contributed by atoms with Crippen molar-refractivity contribution < 1.29 is 73.2 Å². The summed E-state index contributed by atoms with van der Waals surface area (Å²) in [7, 11) is 0. The average Bonchev–Trinajstić information content (AvgIpc) is 4.24. The van der Waals surface area contributed by atoms with Crippen LogP contribution in [-0.2, 0) is 72.0 Å². The van der Waals surface area contributed by atoms with E-state index >= 15 is 0 Å². The van der Waals surface area contributed by atoms with E-state index < -0.39 is 156 Å². The number of H-pyrrole nitrogens is 2. The predicted molar refractivity (Wildman–Crippen MR) is 294 cm³/mol. The predicted octanol–water partition coefficient (Wildman–Crippen LogP) is -2.59. The Labute approximate surface area is 471 Å². The number of hydrogen-bond acceptors (Lipinski definition) is 15. The van der Waals surface area contributed by atoms with Crippen LogP contribution >= 0.6 is 0 Å². The van der Waals surface area contributed by atoms with Crippen molar-refractivity contribution >= 4 is 76.0 Å². The Balaban J connectivity index is 1.60. The van der Waals surface area contributed by atoms with E-state index in [9.17, 15) is 68.1 Å². The SMILES string of the molecule is CC[C@H](C)[C@H](NC(=O)[C@H](CC(N)=O)NC(=O)[C@@H](NC(=O)[C@@H](NC(=O)[C@@H](N)CCC(=O)O)[C@@H](C)O)C(C)C)C(=O)N[C@@H](Cc1c[nH]c2ccccc12)C(=O)N[C@H](C(=O)N[C@@H](Cc1cnc[nH]1)C(=O)N[C@@H](Cc1ccccc1)C(=O)O)[C@@H](C)O. The zero-order valence-corrected chi connectivity index (χ0v) is 46.3. The third-order valence-electron chi connectivity index (χ3n) is 13.5. The number of carboxylic acids is 2. The van der Waals surface area contributed by atoms with E-state index in [-0.39, 0.29) is 32.1 Å². The molecule has 0 fully saturated rings. The molecule has 9 amide bonds. The maximum absolute atomic E-state index is 14.6. The molecule has 28 heteroatoms. The molecule has 0 aliphatic carbocycles. The van der Waals surface area contributed by atoms with E-state index in [1.54, 1.807) is 74.6 Å². The van der Waals surface area contributed by atoms with E-state index in [2.05, 4.69) is 57.5 Å². The molecule has 0 radical (unpaired) electrons. The van der Waals surface area contributed by atoms with Gasteiger partial charge in [0.15, 0.2) is 0 Å². The Hall–Kier alpha value is -8.76. The number of carbonyl (C=O) groups excluding carboxylic acids is 9. The number of hydrogen-bond donors (Lipinski definition) is 16. The molecule has 0 unspecified atom stereocenters. The molecule has 2 aromatic heterocycles. The van der Waals surface area contributed by atoms with Gasteiger partial charge in [-0.25, -0.2) is 9.78 Å². The number of nitrogens with two attached hydrogens (primary N) is 2. The maximum atomic E-state index is 14.6. The monoisotopic (exact) mass is 1150 g/mol. The summed E-state index contributed by atoms with van der Waals surface area (Å²) >= 11 is 0. The number of primary amides is 1. The Bertz CT molecular complexity index is 2860. The minimum absolute atomic E-state index is 0.107. The first kappa shape index (κ1) is 65.8. The van der Waals surface area contributed by atoms with Gasteiger partial charge in [0, 0.05) is 54.7 Å². The summed E-state index contributed by atoms with van der Waals surface area (Å²) in [5.41, 5.74) is 13.4. The van der Waals surface area contributed by atoms with Crippen LogP contribution in [0.3, 0.4) is 0 Å². The van der Waals surface area contributed by atoms with Crippen LogP contribution in [0.4, 0.5) is 0 Å². The number of rotatable bonds is 33. The van der Waals surface area contributed by atoms with Gasteiger partial charge in [0.2, 0.25) is 53.2 Å². The summed E-state index contributed by atoms with van der Waals surface area (Å²) in [6.45, 7) is 8.65. The molecule has 446 valence electrons. The minimum atomic E-state index is -1.81. The van der Waals surface area contributed by atoms with E-state index in [0.717, 1.165) is 6.92 Å². The van der Waals surface area contributed by atoms with Crippen LogP contribution in [0.1, 0.15) is 84.0 Å². The lowest BCUT2D eigenvalue weighted by Crippen LogP contribution is -2.63. The highest BCUT2D eigenvalue weighted by Gasteiger charge is 2.39. The smallest absolute Gasteiger partial charge is 0.326 e.